The molecule has 0 aliphatic carbocycles. The first-order valence-corrected chi connectivity index (χ1v) is 10.6. The van der Waals surface area contributed by atoms with Crippen molar-refractivity contribution in [1.82, 2.24) is 0 Å². The second-order valence-electron chi connectivity index (χ2n) is 7.86. The zero-order valence-electron chi connectivity index (χ0n) is 18.2. The van der Waals surface area contributed by atoms with Gasteiger partial charge in [-0.05, 0) is 48.9 Å². The Balaban J connectivity index is 1.71. The van der Waals surface area contributed by atoms with Gasteiger partial charge >= 0.3 is 5.63 Å². The predicted octanol–water partition coefficient (Wildman–Crippen LogP) is 5.27. The van der Waals surface area contributed by atoms with E-state index in [-0.39, 0.29) is 5.91 Å². The third-order valence-corrected chi connectivity index (χ3v) is 5.87. The van der Waals surface area contributed by atoms with Gasteiger partial charge in [0.1, 0.15) is 11.3 Å². The van der Waals surface area contributed by atoms with Crippen LogP contribution in [-0.2, 0) is 4.79 Å². The number of hydrogen-bond acceptors (Lipinski definition) is 5. The monoisotopic (exact) mass is 438 g/mol. The van der Waals surface area contributed by atoms with Crippen LogP contribution in [0.2, 0.25) is 0 Å². The van der Waals surface area contributed by atoms with Crippen molar-refractivity contribution in [3.05, 3.63) is 112 Å². The van der Waals surface area contributed by atoms with Gasteiger partial charge in [0.2, 0.25) is 0 Å². The average molecular weight is 438 g/mol. The Bertz CT molecular complexity index is 1440. The molecule has 6 heteroatoms. The summed E-state index contributed by atoms with van der Waals surface area (Å²) in [6.45, 7) is 1.85. The molecule has 0 radical (unpaired) electrons. The Morgan fingerprint density at radius 2 is 1.67 bits per heavy atom. The third-order valence-electron chi connectivity index (χ3n) is 5.87. The van der Waals surface area contributed by atoms with E-state index in [1.165, 1.54) is 0 Å². The predicted molar refractivity (Wildman–Crippen MR) is 129 cm³/mol. The third kappa shape index (κ3) is 3.65. The van der Waals surface area contributed by atoms with Crippen LogP contribution in [0.3, 0.4) is 0 Å². The van der Waals surface area contributed by atoms with Gasteiger partial charge in [-0.3, -0.25) is 4.79 Å². The summed E-state index contributed by atoms with van der Waals surface area (Å²) in [5.74, 6) is -0.212. The van der Waals surface area contributed by atoms with Gasteiger partial charge in [0.25, 0.3) is 5.91 Å². The fraction of sp³-hybridized carbons (Fsp3) is 0.111. The molecule has 3 aromatic carbocycles. The molecule has 1 aromatic heterocycles. The molecule has 1 aliphatic rings. The van der Waals surface area contributed by atoms with Crippen molar-refractivity contribution in [1.29, 1.82) is 0 Å². The number of ether oxygens (including phenoxy) is 1. The Kier molecular flexibility index (Phi) is 5.18. The van der Waals surface area contributed by atoms with E-state index in [2.05, 4.69) is 10.6 Å². The van der Waals surface area contributed by atoms with Crippen LogP contribution in [0.1, 0.15) is 24.0 Å². The number of benzene rings is 3. The fourth-order valence-electron chi connectivity index (χ4n) is 4.33. The van der Waals surface area contributed by atoms with Crippen molar-refractivity contribution in [3.8, 4) is 5.75 Å². The molecule has 0 saturated heterocycles. The molecular weight excluding hydrogens is 416 g/mol. The number of anilines is 2. The van der Waals surface area contributed by atoms with Crippen LogP contribution in [-0.4, -0.2) is 13.0 Å². The standard InChI is InChI=1S/C27H22N2O4/c1-16-22(26(30)29-18-8-4-3-5-9-18)23(17-12-14-19(32-2)15-13-17)24-25(28-16)20-10-6-7-11-21(20)33-27(24)31/h3-15,23,28H,1-2H3,(H,29,30). The Labute approximate surface area is 190 Å². The Morgan fingerprint density at radius 1 is 0.970 bits per heavy atom. The van der Waals surface area contributed by atoms with Crippen LogP contribution in [0.25, 0.3) is 11.0 Å². The molecule has 1 aliphatic heterocycles. The molecule has 0 spiro atoms. The molecule has 2 N–H and O–H groups in total. The molecule has 4 aromatic rings. The lowest BCUT2D eigenvalue weighted by atomic mass is 9.80. The van der Waals surface area contributed by atoms with Crippen molar-refractivity contribution < 1.29 is 13.9 Å². The van der Waals surface area contributed by atoms with Crippen LogP contribution in [0, 0.1) is 0 Å². The van der Waals surface area contributed by atoms with Crippen molar-refractivity contribution in [2.24, 2.45) is 0 Å². The van der Waals surface area contributed by atoms with Crippen LogP contribution in [0.4, 0.5) is 11.4 Å². The minimum absolute atomic E-state index is 0.287. The lowest BCUT2D eigenvalue weighted by Crippen LogP contribution is -2.30. The molecule has 0 bridgehead atoms. The van der Waals surface area contributed by atoms with E-state index < -0.39 is 11.5 Å². The first-order chi connectivity index (χ1) is 16.1. The first-order valence-electron chi connectivity index (χ1n) is 10.6. The second-order valence-corrected chi connectivity index (χ2v) is 7.86. The molecular formula is C27H22N2O4. The molecule has 0 fully saturated rings. The van der Waals surface area contributed by atoms with E-state index in [1.807, 2.05) is 79.7 Å². The fourth-order valence-corrected chi connectivity index (χ4v) is 4.33. The number of fused-ring (bicyclic) bond motifs is 3. The number of rotatable bonds is 4. The quantitative estimate of drug-likeness (QED) is 0.424. The van der Waals surface area contributed by atoms with Crippen LogP contribution in [0.15, 0.2) is 99.3 Å². The van der Waals surface area contributed by atoms with Crippen molar-refractivity contribution in [2.45, 2.75) is 12.8 Å². The van der Waals surface area contributed by atoms with Crippen molar-refractivity contribution in [2.75, 3.05) is 17.7 Å². The summed E-state index contributed by atoms with van der Waals surface area (Å²) in [7, 11) is 1.60. The van der Waals surface area contributed by atoms with Crippen LogP contribution >= 0.6 is 0 Å². The average Bonchev–Trinajstić information content (AvgIpc) is 2.84. The minimum atomic E-state index is -0.614. The van der Waals surface area contributed by atoms with E-state index >= 15 is 0 Å². The number of nitrogens with one attached hydrogen (secondary N) is 2. The highest BCUT2D eigenvalue weighted by Crippen LogP contribution is 2.43. The highest BCUT2D eigenvalue weighted by Gasteiger charge is 2.36. The second kappa shape index (κ2) is 8.31. The van der Waals surface area contributed by atoms with Gasteiger partial charge in [0, 0.05) is 22.3 Å². The highest BCUT2D eigenvalue weighted by atomic mass is 16.5. The van der Waals surface area contributed by atoms with Gasteiger partial charge in [0.15, 0.2) is 0 Å². The number of para-hydroxylation sites is 2. The van der Waals surface area contributed by atoms with Crippen molar-refractivity contribution >= 4 is 28.3 Å². The number of allylic oxidation sites excluding steroid dienone is 1. The summed E-state index contributed by atoms with van der Waals surface area (Å²) in [6.07, 6.45) is 0. The summed E-state index contributed by atoms with van der Waals surface area (Å²) < 4.78 is 11.0. The first kappa shape index (κ1) is 20.6. The molecule has 0 saturated carbocycles. The van der Waals surface area contributed by atoms with Crippen molar-refractivity contribution in [3.63, 3.8) is 0 Å². The van der Waals surface area contributed by atoms with Gasteiger partial charge in [-0.25, -0.2) is 4.79 Å². The van der Waals surface area contributed by atoms with Gasteiger partial charge in [0.05, 0.1) is 24.3 Å². The zero-order chi connectivity index (χ0) is 22.9. The van der Waals surface area contributed by atoms with Gasteiger partial charge in [-0.2, -0.15) is 0 Å². The molecule has 33 heavy (non-hydrogen) atoms. The number of amides is 1. The van der Waals surface area contributed by atoms with E-state index in [9.17, 15) is 9.59 Å². The van der Waals surface area contributed by atoms with Crippen LogP contribution < -0.4 is 21.0 Å². The number of carbonyl (C=O) groups is 1. The Morgan fingerprint density at radius 3 is 2.39 bits per heavy atom. The molecule has 6 nitrogen and oxygen atoms in total. The van der Waals surface area contributed by atoms with Gasteiger partial charge < -0.3 is 19.8 Å². The minimum Gasteiger partial charge on any atom is -0.497 e. The summed E-state index contributed by atoms with van der Waals surface area (Å²) in [6, 6.07) is 24.0. The molecule has 5 rings (SSSR count). The topological polar surface area (TPSA) is 80.6 Å². The van der Waals surface area contributed by atoms with Crippen LogP contribution in [0.5, 0.6) is 5.75 Å². The number of hydrogen-bond donors (Lipinski definition) is 2. The van der Waals surface area contributed by atoms with E-state index in [0.717, 1.165) is 10.9 Å². The summed E-state index contributed by atoms with van der Waals surface area (Å²) in [5, 5.41) is 7.06. The molecule has 164 valence electrons. The maximum atomic E-state index is 13.5. The maximum Gasteiger partial charge on any atom is 0.342 e. The normalized spacial score (nSPS) is 15.0. The smallest absolute Gasteiger partial charge is 0.342 e. The van der Waals surface area contributed by atoms with Gasteiger partial charge in [-0.15, -0.1) is 0 Å². The van der Waals surface area contributed by atoms with E-state index in [1.54, 1.807) is 13.2 Å². The summed E-state index contributed by atoms with van der Waals surface area (Å²) >= 11 is 0. The van der Waals surface area contributed by atoms with E-state index in [0.29, 0.717) is 39.5 Å². The lowest BCUT2D eigenvalue weighted by Gasteiger charge is -2.30. The largest absolute Gasteiger partial charge is 0.497 e. The lowest BCUT2D eigenvalue weighted by molar-refractivity contribution is -0.113. The summed E-state index contributed by atoms with van der Waals surface area (Å²) in [4.78, 5) is 26.7. The zero-order valence-corrected chi connectivity index (χ0v) is 18.2. The van der Waals surface area contributed by atoms with E-state index in [4.69, 9.17) is 9.15 Å². The number of carbonyl (C=O) groups excluding carboxylic acids is 1. The summed E-state index contributed by atoms with van der Waals surface area (Å²) in [5.41, 5.74) is 3.68. The molecule has 1 unspecified atom stereocenters. The maximum absolute atomic E-state index is 13.5. The molecule has 2 heterocycles. The molecule has 1 atom stereocenters. The number of methoxy groups -OCH3 is 1. The SMILES string of the molecule is COc1ccc(C2C(C(=O)Nc3ccccc3)=C(C)Nc3c2c(=O)oc2ccccc32)cc1. The van der Waals surface area contributed by atoms with Gasteiger partial charge in [-0.1, -0.05) is 42.5 Å². The Hall–Kier alpha value is -4.32. The molecule has 1 amide bonds. The highest BCUT2D eigenvalue weighted by molar-refractivity contribution is 6.08.